The number of hydrogen-bond acceptors (Lipinski definition) is 7. The minimum atomic E-state index is -1.77. The van der Waals surface area contributed by atoms with E-state index in [4.69, 9.17) is 21.6 Å². The Labute approximate surface area is 215 Å². The van der Waals surface area contributed by atoms with E-state index >= 15 is 0 Å². The molecule has 4 aromatic rings. The van der Waals surface area contributed by atoms with E-state index in [2.05, 4.69) is 25.3 Å². The van der Waals surface area contributed by atoms with E-state index in [9.17, 15) is 9.00 Å². The summed E-state index contributed by atoms with van der Waals surface area (Å²) in [5, 5.41) is 14.9. The van der Waals surface area contributed by atoms with E-state index in [1.807, 2.05) is 24.3 Å². The van der Waals surface area contributed by atoms with Crippen molar-refractivity contribution in [2.24, 2.45) is 0 Å². The van der Waals surface area contributed by atoms with Crippen molar-refractivity contribution in [3.63, 3.8) is 0 Å². The molecule has 182 valence electrons. The first-order chi connectivity index (χ1) is 17.5. The smallest absolute Gasteiger partial charge is 0.251 e. The van der Waals surface area contributed by atoms with Gasteiger partial charge in [0.25, 0.3) is 5.91 Å². The first kappa shape index (κ1) is 24.9. The number of halogens is 1. The van der Waals surface area contributed by atoms with Gasteiger partial charge in [0.15, 0.2) is 22.6 Å². The van der Waals surface area contributed by atoms with Crippen LogP contribution in [-0.2, 0) is 11.0 Å². The maximum Gasteiger partial charge on any atom is 0.251 e. The van der Waals surface area contributed by atoms with Crippen LogP contribution >= 0.6 is 11.6 Å². The van der Waals surface area contributed by atoms with Gasteiger partial charge in [-0.2, -0.15) is 5.26 Å². The molecule has 3 N–H and O–H groups in total. The highest BCUT2D eigenvalue weighted by molar-refractivity contribution is 7.86. The number of ether oxygens (including phenoxy) is 1. The second kappa shape index (κ2) is 11.5. The number of anilines is 3. The standard InChI is InChI=1S/C25H21ClN6O3S/c1-35-17-10-11-19(26)22(15-17)31-23-24(30-21-9-3-2-8-20(21)29-23)32-36(34)18-7-4-6-16(14-18)25(33)28-13-5-12-27/h2-4,6-11,14-15H,5,13H2,1H3,(H,28,33)(H,29,31)(H,30,32). The zero-order valence-electron chi connectivity index (χ0n) is 19.1. The number of methoxy groups -OCH3 is 1. The molecule has 0 spiro atoms. The highest BCUT2D eigenvalue weighted by atomic mass is 35.5. The van der Waals surface area contributed by atoms with E-state index in [1.54, 1.807) is 49.6 Å². The number of amides is 1. The number of fused-ring (bicyclic) bond motifs is 1. The number of carbonyl (C=O) groups excluding carboxylic acids is 1. The normalized spacial score (nSPS) is 11.4. The van der Waals surface area contributed by atoms with Crippen LogP contribution in [-0.4, -0.2) is 33.7 Å². The van der Waals surface area contributed by atoms with Gasteiger partial charge in [0, 0.05) is 18.2 Å². The SMILES string of the molecule is COc1ccc(Cl)c(Nc2nc3ccccc3nc2NS(=O)c2cccc(C(=O)NCCC#N)c2)c1. The van der Waals surface area contributed by atoms with Gasteiger partial charge in [0.1, 0.15) is 5.75 Å². The first-order valence-corrected chi connectivity index (χ1v) is 12.3. The molecule has 3 aromatic carbocycles. The number of benzene rings is 3. The molecule has 1 atom stereocenters. The zero-order valence-corrected chi connectivity index (χ0v) is 20.7. The Hall–Kier alpha value is -4.20. The van der Waals surface area contributed by atoms with Crippen LogP contribution in [0.5, 0.6) is 5.75 Å². The van der Waals surface area contributed by atoms with Crippen molar-refractivity contribution in [2.75, 3.05) is 23.7 Å². The molecule has 1 unspecified atom stereocenters. The van der Waals surface area contributed by atoms with Gasteiger partial charge in [-0.15, -0.1) is 0 Å². The van der Waals surface area contributed by atoms with Crippen LogP contribution in [0.4, 0.5) is 17.3 Å². The molecule has 4 rings (SSSR count). The summed E-state index contributed by atoms with van der Waals surface area (Å²) in [7, 11) is -0.221. The van der Waals surface area contributed by atoms with Crippen LogP contribution in [0.2, 0.25) is 5.02 Å². The molecule has 0 saturated carbocycles. The van der Waals surface area contributed by atoms with Crippen molar-refractivity contribution < 1.29 is 13.7 Å². The molecule has 0 saturated heterocycles. The minimum Gasteiger partial charge on any atom is -0.497 e. The van der Waals surface area contributed by atoms with Crippen LogP contribution in [0.3, 0.4) is 0 Å². The summed E-state index contributed by atoms with van der Waals surface area (Å²) in [6, 6.07) is 20.8. The van der Waals surface area contributed by atoms with Gasteiger partial charge >= 0.3 is 0 Å². The van der Waals surface area contributed by atoms with Crippen molar-refractivity contribution in [3.05, 3.63) is 77.3 Å². The van der Waals surface area contributed by atoms with E-state index in [1.165, 1.54) is 6.07 Å². The lowest BCUT2D eigenvalue weighted by molar-refractivity contribution is 0.0954. The third-order valence-corrected chi connectivity index (χ3v) is 6.41. The maximum absolute atomic E-state index is 13.2. The van der Waals surface area contributed by atoms with Gasteiger partial charge in [-0.1, -0.05) is 29.8 Å². The summed E-state index contributed by atoms with van der Waals surface area (Å²) >= 11 is 6.37. The van der Waals surface area contributed by atoms with Crippen LogP contribution in [0.15, 0.2) is 71.6 Å². The molecule has 0 bridgehead atoms. The average molecular weight is 521 g/mol. The second-order valence-electron chi connectivity index (χ2n) is 7.44. The molecular weight excluding hydrogens is 500 g/mol. The Morgan fingerprint density at radius 2 is 1.81 bits per heavy atom. The maximum atomic E-state index is 13.2. The third-order valence-electron chi connectivity index (χ3n) is 5.02. The summed E-state index contributed by atoms with van der Waals surface area (Å²) in [4.78, 5) is 22.0. The Kier molecular flexibility index (Phi) is 7.95. The van der Waals surface area contributed by atoms with Crippen molar-refractivity contribution >= 4 is 56.9 Å². The van der Waals surface area contributed by atoms with Crippen molar-refractivity contribution in [1.82, 2.24) is 15.3 Å². The summed E-state index contributed by atoms with van der Waals surface area (Å²) in [5.41, 5.74) is 2.09. The van der Waals surface area contributed by atoms with E-state index in [0.29, 0.717) is 43.8 Å². The Morgan fingerprint density at radius 3 is 2.53 bits per heavy atom. The lowest BCUT2D eigenvalue weighted by atomic mass is 10.2. The summed E-state index contributed by atoms with van der Waals surface area (Å²) < 4.78 is 21.4. The molecule has 0 aliphatic heterocycles. The van der Waals surface area contributed by atoms with E-state index < -0.39 is 11.0 Å². The molecule has 0 aliphatic carbocycles. The monoisotopic (exact) mass is 520 g/mol. The first-order valence-electron chi connectivity index (χ1n) is 10.8. The van der Waals surface area contributed by atoms with Crippen LogP contribution in [0, 0.1) is 11.3 Å². The molecule has 11 heteroatoms. The zero-order chi connectivity index (χ0) is 25.5. The fourth-order valence-electron chi connectivity index (χ4n) is 3.25. The Bertz CT molecular complexity index is 1490. The number of para-hydroxylation sites is 2. The Morgan fingerprint density at radius 1 is 1.06 bits per heavy atom. The van der Waals surface area contributed by atoms with Gasteiger partial charge in [0.2, 0.25) is 0 Å². The van der Waals surface area contributed by atoms with Gasteiger partial charge in [-0.05, 0) is 42.5 Å². The molecule has 36 heavy (non-hydrogen) atoms. The van der Waals surface area contributed by atoms with Crippen LogP contribution < -0.4 is 20.1 Å². The van der Waals surface area contributed by atoms with Crippen LogP contribution in [0.25, 0.3) is 11.0 Å². The van der Waals surface area contributed by atoms with Gasteiger partial charge < -0.3 is 15.4 Å². The lowest BCUT2D eigenvalue weighted by Gasteiger charge is -2.15. The van der Waals surface area contributed by atoms with Crippen molar-refractivity contribution in [2.45, 2.75) is 11.3 Å². The summed E-state index contributed by atoms with van der Waals surface area (Å²) in [6.45, 7) is 0.232. The minimum absolute atomic E-state index is 0.201. The second-order valence-corrected chi connectivity index (χ2v) is 9.06. The molecule has 1 aromatic heterocycles. The lowest BCUT2D eigenvalue weighted by Crippen LogP contribution is -2.24. The van der Waals surface area contributed by atoms with Crippen molar-refractivity contribution in [1.29, 1.82) is 5.26 Å². The number of aromatic nitrogens is 2. The molecule has 1 amide bonds. The molecule has 0 radical (unpaired) electrons. The highest BCUT2D eigenvalue weighted by Crippen LogP contribution is 2.32. The number of hydrogen-bond donors (Lipinski definition) is 3. The molecule has 1 heterocycles. The number of nitriles is 1. The van der Waals surface area contributed by atoms with Crippen molar-refractivity contribution in [3.8, 4) is 11.8 Å². The largest absolute Gasteiger partial charge is 0.497 e. The predicted molar refractivity (Wildman–Crippen MR) is 140 cm³/mol. The highest BCUT2D eigenvalue weighted by Gasteiger charge is 2.16. The molecule has 0 fully saturated rings. The summed E-state index contributed by atoms with van der Waals surface area (Å²) in [5.74, 6) is 0.778. The van der Waals surface area contributed by atoms with E-state index in [-0.39, 0.29) is 24.7 Å². The van der Waals surface area contributed by atoms with Crippen LogP contribution in [0.1, 0.15) is 16.8 Å². The Balaban J connectivity index is 1.65. The van der Waals surface area contributed by atoms with E-state index in [0.717, 1.165) is 0 Å². The topological polar surface area (TPSA) is 129 Å². The average Bonchev–Trinajstić information content (AvgIpc) is 2.90. The number of nitrogens with zero attached hydrogens (tertiary/aromatic N) is 3. The number of rotatable bonds is 9. The van der Waals surface area contributed by atoms with Gasteiger partial charge in [-0.25, -0.2) is 14.2 Å². The summed E-state index contributed by atoms with van der Waals surface area (Å²) in [6.07, 6.45) is 0.201. The van der Waals surface area contributed by atoms with Gasteiger partial charge in [-0.3, -0.25) is 9.52 Å². The van der Waals surface area contributed by atoms with Gasteiger partial charge in [0.05, 0.1) is 46.2 Å². The number of nitrogens with one attached hydrogen (secondary N) is 3. The fourth-order valence-corrected chi connectivity index (χ4v) is 4.28. The number of carbonyl (C=O) groups is 1. The predicted octanol–water partition coefficient (Wildman–Crippen LogP) is 4.81. The molecule has 0 aliphatic rings. The molecule has 9 nitrogen and oxygen atoms in total. The third kappa shape index (κ3) is 5.89. The fraction of sp³-hybridized carbons (Fsp3) is 0.120. The quantitative estimate of drug-likeness (QED) is 0.270. The molecular formula is C25H21ClN6O3S.